The van der Waals surface area contributed by atoms with Gasteiger partial charge in [-0.3, -0.25) is 4.31 Å². The number of hydrogen-bond acceptors (Lipinski definition) is 4. The van der Waals surface area contributed by atoms with Crippen LogP contribution in [0.15, 0.2) is 24.3 Å². The van der Waals surface area contributed by atoms with Gasteiger partial charge in [0.05, 0.1) is 11.4 Å². The molecule has 0 amide bonds. The minimum Gasteiger partial charge on any atom is -0.309 e. The van der Waals surface area contributed by atoms with Gasteiger partial charge in [-0.2, -0.15) is 11.8 Å². The fourth-order valence-electron chi connectivity index (χ4n) is 3.11. The Kier molecular flexibility index (Phi) is 5.00. The summed E-state index contributed by atoms with van der Waals surface area (Å²) in [7, 11) is -3.10. The molecular weight excluding hydrogens is 316 g/mol. The van der Waals surface area contributed by atoms with Crippen LogP contribution in [0.2, 0.25) is 0 Å². The molecule has 2 heterocycles. The molecule has 2 fully saturated rings. The first-order valence-corrected chi connectivity index (χ1v) is 10.7. The molecule has 0 radical (unpaired) electrons. The van der Waals surface area contributed by atoms with Crippen molar-refractivity contribution in [1.29, 1.82) is 0 Å². The van der Waals surface area contributed by atoms with Gasteiger partial charge in [-0.05, 0) is 49.6 Å². The lowest BCUT2D eigenvalue weighted by molar-refractivity contribution is 0.559. The number of rotatable bonds is 5. The van der Waals surface area contributed by atoms with Gasteiger partial charge in [0.25, 0.3) is 0 Å². The Balaban J connectivity index is 1.67. The molecule has 2 aliphatic heterocycles. The van der Waals surface area contributed by atoms with Gasteiger partial charge >= 0.3 is 0 Å². The Labute approximate surface area is 137 Å². The first-order chi connectivity index (χ1) is 10.6. The molecule has 1 N–H and O–H groups in total. The number of hydrogen-bond donors (Lipinski definition) is 1. The third-order valence-corrected chi connectivity index (χ3v) is 7.70. The van der Waals surface area contributed by atoms with Gasteiger partial charge in [-0.1, -0.05) is 12.1 Å². The summed E-state index contributed by atoms with van der Waals surface area (Å²) in [5.74, 6) is 1.55. The second kappa shape index (κ2) is 6.81. The van der Waals surface area contributed by atoms with Gasteiger partial charge in [0, 0.05) is 24.4 Å². The third kappa shape index (κ3) is 3.60. The highest BCUT2D eigenvalue weighted by molar-refractivity contribution is 8.00. The van der Waals surface area contributed by atoms with E-state index in [1.54, 1.807) is 4.31 Å². The quantitative estimate of drug-likeness (QED) is 0.895. The van der Waals surface area contributed by atoms with Crippen molar-refractivity contribution in [2.45, 2.75) is 37.5 Å². The van der Waals surface area contributed by atoms with Crippen LogP contribution in [-0.4, -0.2) is 38.3 Å². The summed E-state index contributed by atoms with van der Waals surface area (Å²) in [6.45, 7) is 3.78. The molecule has 1 aromatic rings. The molecule has 6 heteroatoms. The predicted octanol–water partition coefficient (Wildman–Crippen LogP) is 2.77. The molecule has 0 unspecified atom stereocenters. The molecule has 0 bridgehead atoms. The van der Waals surface area contributed by atoms with E-state index in [1.807, 2.05) is 18.2 Å². The van der Waals surface area contributed by atoms with Crippen LogP contribution in [0.3, 0.4) is 0 Å². The molecule has 4 nitrogen and oxygen atoms in total. The van der Waals surface area contributed by atoms with Gasteiger partial charge in [-0.15, -0.1) is 0 Å². The molecule has 3 rings (SSSR count). The van der Waals surface area contributed by atoms with Crippen molar-refractivity contribution >= 4 is 27.5 Å². The second-order valence-corrected chi connectivity index (χ2v) is 9.52. The van der Waals surface area contributed by atoms with Gasteiger partial charge in [0.15, 0.2) is 0 Å². The highest BCUT2D eigenvalue weighted by atomic mass is 32.2. The first-order valence-electron chi connectivity index (χ1n) is 8.01. The number of thioether (sulfide) groups is 1. The van der Waals surface area contributed by atoms with Gasteiger partial charge in [-0.25, -0.2) is 8.42 Å². The standard InChI is InChI=1S/C16H24N2O2S2/c1-13(17-12-16-7-3-9-21-16)14-5-2-6-15(11-14)18-8-4-10-22(18,19)20/h2,5-6,11,13,16-17H,3-4,7-10,12H2,1H3/t13-,16-/m1/s1. The highest BCUT2D eigenvalue weighted by Crippen LogP contribution is 2.28. The summed E-state index contributed by atoms with van der Waals surface area (Å²) in [6, 6.07) is 8.19. The van der Waals surface area contributed by atoms with E-state index in [0.29, 0.717) is 6.54 Å². The Morgan fingerprint density at radius 2 is 2.27 bits per heavy atom. The van der Waals surface area contributed by atoms with E-state index in [1.165, 1.54) is 18.6 Å². The van der Waals surface area contributed by atoms with E-state index >= 15 is 0 Å². The molecule has 2 saturated heterocycles. The third-order valence-electron chi connectivity index (χ3n) is 4.43. The van der Waals surface area contributed by atoms with Gasteiger partial charge < -0.3 is 5.32 Å². The minimum absolute atomic E-state index is 0.242. The predicted molar refractivity (Wildman–Crippen MR) is 94.1 cm³/mol. The number of nitrogens with zero attached hydrogens (tertiary/aromatic N) is 1. The molecule has 2 atom stereocenters. The molecule has 1 aromatic carbocycles. The van der Waals surface area contributed by atoms with E-state index in [2.05, 4.69) is 30.1 Å². The van der Waals surface area contributed by atoms with Crippen LogP contribution in [0, 0.1) is 0 Å². The topological polar surface area (TPSA) is 49.4 Å². The van der Waals surface area contributed by atoms with Crippen LogP contribution < -0.4 is 9.62 Å². The van der Waals surface area contributed by atoms with Crippen molar-refractivity contribution in [2.24, 2.45) is 0 Å². The molecule has 0 aliphatic carbocycles. The summed E-state index contributed by atoms with van der Waals surface area (Å²) in [5, 5.41) is 4.32. The molecule has 2 aliphatic rings. The smallest absolute Gasteiger partial charge is 0.235 e. The van der Waals surface area contributed by atoms with Crippen LogP contribution in [-0.2, 0) is 10.0 Å². The average Bonchev–Trinajstić information content (AvgIpc) is 3.13. The highest BCUT2D eigenvalue weighted by Gasteiger charge is 2.28. The van der Waals surface area contributed by atoms with Crippen molar-refractivity contribution in [2.75, 3.05) is 28.9 Å². The molecule has 22 heavy (non-hydrogen) atoms. The maximum absolute atomic E-state index is 12.1. The Bertz CT molecular complexity index is 612. The van der Waals surface area contributed by atoms with Crippen LogP contribution in [0.25, 0.3) is 0 Å². The lowest BCUT2D eigenvalue weighted by Gasteiger charge is -2.21. The van der Waals surface area contributed by atoms with E-state index in [-0.39, 0.29) is 11.8 Å². The minimum atomic E-state index is -3.10. The number of sulfonamides is 1. The maximum atomic E-state index is 12.1. The molecule has 0 aromatic heterocycles. The summed E-state index contributed by atoms with van der Waals surface area (Å²) in [6.07, 6.45) is 3.35. The molecular formula is C16H24N2O2S2. The van der Waals surface area contributed by atoms with Crippen LogP contribution in [0.4, 0.5) is 5.69 Å². The maximum Gasteiger partial charge on any atom is 0.235 e. The van der Waals surface area contributed by atoms with Crippen molar-refractivity contribution in [3.8, 4) is 0 Å². The zero-order valence-electron chi connectivity index (χ0n) is 13.0. The zero-order valence-corrected chi connectivity index (χ0v) is 14.6. The SMILES string of the molecule is C[C@@H](NC[C@H]1CCCS1)c1cccc(N2CCCS2(=O)=O)c1. The second-order valence-electron chi connectivity index (χ2n) is 6.10. The van der Waals surface area contributed by atoms with Crippen molar-refractivity contribution in [1.82, 2.24) is 5.32 Å². The van der Waals surface area contributed by atoms with E-state index < -0.39 is 10.0 Å². The fraction of sp³-hybridized carbons (Fsp3) is 0.625. The Morgan fingerprint density at radius 1 is 1.41 bits per heavy atom. The van der Waals surface area contributed by atoms with E-state index in [4.69, 9.17) is 0 Å². The largest absolute Gasteiger partial charge is 0.309 e. The summed E-state index contributed by atoms with van der Waals surface area (Å²) in [5.41, 5.74) is 1.96. The Hall–Kier alpha value is -0.720. The van der Waals surface area contributed by atoms with Crippen LogP contribution >= 0.6 is 11.8 Å². The zero-order chi connectivity index (χ0) is 15.6. The normalized spacial score (nSPS) is 25.5. The lowest BCUT2D eigenvalue weighted by Crippen LogP contribution is -2.27. The van der Waals surface area contributed by atoms with Crippen molar-refractivity contribution in [3.05, 3.63) is 29.8 Å². The summed E-state index contributed by atoms with van der Waals surface area (Å²) >= 11 is 2.05. The van der Waals surface area contributed by atoms with Crippen LogP contribution in [0.1, 0.15) is 37.8 Å². The van der Waals surface area contributed by atoms with E-state index in [0.717, 1.165) is 29.5 Å². The monoisotopic (exact) mass is 340 g/mol. The van der Waals surface area contributed by atoms with Crippen molar-refractivity contribution < 1.29 is 8.42 Å². The number of nitrogens with one attached hydrogen (secondary N) is 1. The summed E-state index contributed by atoms with van der Waals surface area (Å²) < 4.78 is 25.7. The average molecular weight is 341 g/mol. The summed E-state index contributed by atoms with van der Waals surface area (Å²) in [4.78, 5) is 0. The van der Waals surface area contributed by atoms with Crippen LogP contribution in [0.5, 0.6) is 0 Å². The molecule has 122 valence electrons. The van der Waals surface area contributed by atoms with Gasteiger partial charge in [0.2, 0.25) is 10.0 Å². The molecule has 0 saturated carbocycles. The lowest BCUT2D eigenvalue weighted by atomic mass is 10.1. The fourth-order valence-corrected chi connectivity index (χ4v) is 5.88. The molecule has 0 spiro atoms. The van der Waals surface area contributed by atoms with Gasteiger partial charge in [0.1, 0.15) is 0 Å². The number of benzene rings is 1. The number of anilines is 1. The Morgan fingerprint density at radius 3 is 2.95 bits per heavy atom. The van der Waals surface area contributed by atoms with E-state index in [9.17, 15) is 8.42 Å². The van der Waals surface area contributed by atoms with Crippen molar-refractivity contribution in [3.63, 3.8) is 0 Å². The first kappa shape index (κ1) is 16.1.